The number of carbonyl (C=O) groups excluding carboxylic acids is 1. The first kappa shape index (κ1) is 30.9. The number of esters is 1. The minimum absolute atomic E-state index is 0.305. The molecule has 2 aromatic carbocycles. The minimum Gasteiger partial charge on any atom is -0.469 e. The standard InChI is InChI=1S/C32H45ClN6O2/c1-7-22-12-15-38(16-13-22)20-28-36-14-17-39(28)19-24-18-23(8-10-26(24)33)29(32(3,4)31(40)41-6)25-9-11-27(37(5)35)30(34)21(25)2/h8-11,14,17-18,22,29H,7,12-13,15-16,19-20,34-35H2,1-6H3. The van der Waals surface area contributed by atoms with Crippen LogP contribution in [-0.4, -0.2) is 47.7 Å². The molecule has 1 aromatic heterocycles. The van der Waals surface area contributed by atoms with Gasteiger partial charge in [-0.2, -0.15) is 0 Å². The highest BCUT2D eigenvalue weighted by Crippen LogP contribution is 2.45. The van der Waals surface area contributed by atoms with Gasteiger partial charge >= 0.3 is 5.97 Å². The van der Waals surface area contributed by atoms with Gasteiger partial charge in [0, 0.05) is 30.4 Å². The van der Waals surface area contributed by atoms with Crippen LogP contribution in [0.25, 0.3) is 0 Å². The van der Waals surface area contributed by atoms with Crippen molar-refractivity contribution in [3.8, 4) is 0 Å². The number of likely N-dealkylation sites (tertiary alicyclic amines) is 1. The third-order valence-corrected chi connectivity index (χ3v) is 9.22. The molecule has 2 heterocycles. The zero-order chi connectivity index (χ0) is 29.9. The molecule has 1 saturated heterocycles. The van der Waals surface area contributed by atoms with Crippen LogP contribution in [0.4, 0.5) is 11.4 Å². The predicted molar refractivity (Wildman–Crippen MR) is 167 cm³/mol. The number of nitrogen functional groups attached to an aromatic ring is 1. The van der Waals surface area contributed by atoms with E-state index in [2.05, 4.69) is 27.4 Å². The minimum atomic E-state index is -0.891. The zero-order valence-electron chi connectivity index (χ0n) is 25.3. The Morgan fingerprint density at radius 2 is 1.93 bits per heavy atom. The van der Waals surface area contributed by atoms with Gasteiger partial charge in [-0.15, -0.1) is 0 Å². The summed E-state index contributed by atoms with van der Waals surface area (Å²) in [5.74, 6) is 7.23. The summed E-state index contributed by atoms with van der Waals surface area (Å²) < 4.78 is 7.44. The summed E-state index contributed by atoms with van der Waals surface area (Å²) in [6.45, 7) is 11.7. The highest BCUT2D eigenvalue weighted by atomic mass is 35.5. The number of piperidine rings is 1. The number of aromatic nitrogens is 2. The second-order valence-corrected chi connectivity index (χ2v) is 12.3. The highest BCUT2D eigenvalue weighted by molar-refractivity contribution is 6.31. The maximum atomic E-state index is 13.1. The van der Waals surface area contributed by atoms with Gasteiger partial charge in [0.15, 0.2) is 0 Å². The molecule has 0 radical (unpaired) electrons. The lowest BCUT2D eigenvalue weighted by atomic mass is 9.69. The number of ether oxygens (including phenoxy) is 1. The lowest BCUT2D eigenvalue weighted by Gasteiger charge is -2.35. The van der Waals surface area contributed by atoms with Crippen LogP contribution < -0.4 is 16.6 Å². The molecule has 41 heavy (non-hydrogen) atoms. The predicted octanol–water partition coefficient (Wildman–Crippen LogP) is 5.74. The van der Waals surface area contributed by atoms with Crippen molar-refractivity contribution in [2.24, 2.45) is 17.2 Å². The third-order valence-electron chi connectivity index (χ3n) is 8.85. The fourth-order valence-corrected chi connectivity index (χ4v) is 6.36. The number of carbonyl (C=O) groups is 1. The van der Waals surface area contributed by atoms with Crippen LogP contribution in [0, 0.1) is 18.3 Å². The van der Waals surface area contributed by atoms with Gasteiger partial charge in [0.1, 0.15) is 5.82 Å². The maximum absolute atomic E-state index is 13.1. The molecule has 222 valence electrons. The van der Waals surface area contributed by atoms with E-state index in [1.807, 2.05) is 57.4 Å². The number of benzene rings is 2. The number of hydrazine groups is 1. The van der Waals surface area contributed by atoms with Crippen LogP contribution in [0.3, 0.4) is 0 Å². The van der Waals surface area contributed by atoms with E-state index in [-0.39, 0.29) is 11.9 Å². The maximum Gasteiger partial charge on any atom is 0.312 e. The van der Waals surface area contributed by atoms with Crippen molar-refractivity contribution in [1.82, 2.24) is 14.5 Å². The number of methoxy groups -OCH3 is 1. The summed E-state index contributed by atoms with van der Waals surface area (Å²) in [5.41, 5.74) is 10.7. The van der Waals surface area contributed by atoms with E-state index in [1.165, 1.54) is 31.4 Å². The molecule has 1 aliphatic rings. The van der Waals surface area contributed by atoms with Crippen molar-refractivity contribution in [3.63, 3.8) is 0 Å². The first-order valence-electron chi connectivity index (χ1n) is 14.4. The average Bonchev–Trinajstić information content (AvgIpc) is 3.38. The molecular weight excluding hydrogens is 536 g/mol. The lowest BCUT2D eigenvalue weighted by Crippen LogP contribution is -2.34. The third kappa shape index (κ3) is 6.55. The van der Waals surface area contributed by atoms with Crippen molar-refractivity contribution in [2.45, 2.75) is 66.0 Å². The summed E-state index contributed by atoms with van der Waals surface area (Å²) in [6, 6.07) is 9.92. The molecule has 1 aliphatic heterocycles. The molecule has 1 atom stereocenters. The number of hydrogen-bond donors (Lipinski definition) is 2. The van der Waals surface area contributed by atoms with E-state index in [9.17, 15) is 4.79 Å². The van der Waals surface area contributed by atoms with Crippen LogP contribution >= 0.6 is 11.6 Å². The number of rotatable bonds is 10. The number of anilines is 2. The van der Waals surface area contributed by atoms with Gasteiger partial charge in [0.2, 0.25) is 0 Å². The van der Waals surface area contributed by atoms with Gasteiger partial charge in [-0.1, -0.05) is 43.1 Å². The topological polar surface area (TPSA) is 103 Å². The number of hydrogen-bond acceptors (Lipinski definition) is 7. The number of halogens is 1. The fourth-order valence-electron chi connectivity index (χ4n) is 6.18. The molecule has 0 bridgehead atoms. The Hall–Kier alpha value is -3.07. The van der Waals surface area contributed by atoms with E-state index in [0.29, 0.717) is 17.3 Å². The Morgan fingerprint density at radius 3 is 2.56 bits per heavy atom. The van der Waals surface area contributed by atoms with E-state index in [0.717, 1.165) is 59.3 Å². The number of nitrogens with two attached hydrogens (primary N) is 2. The quantitative estimate of drug-likeness (QED) is 0.136. The highest BCUT2D eigenvalue weighted by Gasteiger charge is 2.41. The molecule has 0 saturated carbocycles. The van der Waals surface area contributed by atoms with Crippen LogP contribution in [0.5, 0.6) is 0 Å². The summed E-state index contributed by atoms with van der Waals surface area (Å²) >= 11 is 6.78. The van der Waals surface area contributed by atoms with Crippen LogP contribution in [0.15, 0.2) is 42.7 Å². The Bertz CT molecular complexity index is 1360. The summed E-state index contributed by atoms with van der Waals surface area (Å²) in [6.07, 6.45) is 7.62. The van der Waals surface area contributed by atoms with Crippen molar-refractivity contribution in [2.75, 3.05) is 38.0 Å². The van der Waals surface area contributed by atoms with Gasteiger partial charge in [-0.05, 0) is 87.0 Å². The van der Waals surface area contributed by atoms with Gasteiger partial charge in [0.25, 0.3) is 0 Å². The molecule has 3 aromatic rings. The first-order valence-corrected chi connectivity index (χ1v) is 14.8. The van der Waals surface area contributed by atoms with Crippen LogP contribution in [0.1, 0.15) is 74.0 Å². The van der Waals surface area contributed by atoms with Crippen LogP contribution in [0.2, 0.25) is 5.02 Å². The van der Waals surface area contributed by atoms with E-state index in [4.69, 9.17) is 27.9 Å². The Balaban J connectivity index is 1.70. The Labute approximate surface area is 249 Å². The van der Waals surface area contributed by atoms with E-state index < -0.39 is 5.41 Å². The van der Waals surface area contributed by atoms with Crippen molar-refractivity contribution < 1.29 is 9.53 Å². The van der Waals surface area contributed by atoms with Gasteiger partial charge in [-0.25, -0.2) is 10.8 Å². The lowest BCUT2D eigenvalue weighted by molar-refractivity contribution is -0.151. The van der Waals surface area contributed by atoms with Crippen molar-refractivity contribution >= 4 is 28.9 Å². The molecule has 0 spiro atoms. The normalized spacial score (nSPS) is 15.6. The fraction of sp³-hybridized carbons (Fsp3) is 0.500. The largest absolute Gasteiger partial charge is 0.469 e. The molecule has 1 unspecified atom stereocenters. The van der Waals surface area contributed by atoms with Gasteiger partial charge < -0.3 is 20.0 Å². The SMILES string of the molecule is CCC1CCN(Cc2nccn2Cc2cc(C(c3ccc(N(C)N)c(N)c3C)C(C)(C)C(=O)OC)ccc2Cl)CC1. The molecule has 4 rings (SSSR count). The second kappa shape index (κ2) is 12.8. The van der Waals surface area contributed by atoms with Gasteiger partial charge in [0.05, 0.1) is 37.0 Å². The summed E-state index contributed by atoms with van der Waals surface area (Å²) in [7, 11) is 3.18. The zero-order valence-corrected chi connectivity index (χ0v) is 26.0. The Kier molecular flexibility index (Phi) is 9.67. The monoisotopic (exact) mass is 580 g/mol. The van der Waals surface area contributed by atoms with E-state index in [1.54, 1.807) is 7.05 Å². The van der Waals surface area contributed by atoms with Crippen molar-refractivity contribution in [1.29, 1.82) is 0 Å². The van der Waals surface area contributed by atoms with E-state index >= 15 is 0 Å². The molecule has 8 nitrogen and oxygen atoms in total. The molecule has 0 aliphatic carbocycles. The molecular formula is C32H45ClN6O2. The molecule has 1 fully saturated rings. The smallest absolute Gasteiger partial charge is 0.312 e. The summed E-state index contributed by atoms with van der Waals surface area (Å²) in [4.78, 5) is 20.3. The van der Waals surface area contributed by atoms with Gasteiger partial charge in [-0.3, -0.25) is 9.69 Å². The van der Waals surface area contributed by atoms with Crippen LogP contribution in [-0.2, 0) is 22.6 Å². The first-order chi connectivity index (χ1) is 19.5. The molecule has 0 amide bonds. The average molecular weight is 581 g/mol. The number of nitrogens with zero attached hydrogens (tertiary/aromatic N) is 4. The second-order valence-electron chi connectivity index (χ2n) is 11.9. The molecule has 9 heteroatoms. The number of imidazole rings is 1. The molecule has 4 N–H and O–H groups in total. The Morgan fingerprint density at radius 1 is 1.22 bits per heavy atom. The summed E-state index contributed by atoms with van der Waals surface area (Å²) in [5, 5.41) is 2.17. The van der Waals surface area contributed by atoms with Crippen molar-refractivity contribution in [3.05, 3.63) is 75.8 Å².